The fourth-order valence-corrected chi connectivity index (χ4v) is 2.30. The van der Waals surface area contributed by atoms with Crippen LogP contribution in [-0.4, -0.2) is 10.8 Å². The first-order valence-corrected chi connectivity index (χ1v) is 5.54. The fourth-order valence-electron chi connectivity index (χ4n) is 2.30. The molecule has 2 rings (SSSR count). The lowest BCUT2D eigenvalue weighted by Gasteiger charge is -2.00. The van der Waals surface area contributed by atoms with E-state index in [-0.39, 0.29) is 12.2 Å². The summed E-state index contributed by atoms with van der Waals surface area (Å²) in [5.74, 6) is -0.110. The predicted molar refractivity (Wildman–Crippen MR) is 67.1 cm³/mol. The van der Waals surface area contributed by atoms with Gasteiger partial charge in [-0.05, 0) is 32.4 Å². The molecule has 0 bridgehead atoms. The number of H-pyrrole nitrogens is 1. The summed E-state index contributed by atoms with van der Waals surface area (Å²) in [5.41, 5.74) is 4.75. The van der Waals surface area contributed by atoms with Crippen LogP contribution in [0.15, 0.2) is 12.1 Å². The second kappa shape index (κ2) is 4.06. The van der Waals surface area contributed by atoms with Crippen molar-refractivity contribution in [3.63, 3.8) is 0 Å². The van der Waals surface area contributed by atoms with Crippen LogP contribution in [0.2, 0.25) is 0 Å². The smallest absolute Gasteiger partial charge is 0.179 e. The number of rotatable bonds is 2. The van der Waals surface area contributed by atoms with Crippen LogP contribution >= 0.6 is 0 Å². The van der Waals surface area contributed by atoms with Crippen molar-refractivity contribution in [1.82, 2.24) is 4.98 Å². The highest BCUT2D eigenvalue weighted by molar-refractivity contribution is 6.10. The highest BCUT2D eigenvalue weighted by atomic mass is 16.1. The van der Waals surface area contributed by atoms with Crippen LogP contribution < -0.4 is 0 Å². The van der Waals surface area contributed by atoms with Crippen LogP contribution in [0, 0.1) is 32.1 Å². The number of nitrogens with zero attached hydrogens (tertiary/aromatic N) is 1. The second-order valence-corrected chi connectivity index (χ2v) is 4.39. The molecule has 0 radical (unpaired) electrons. The van der Waals surface area contributed by atoms with E-state index in [4.69, 9.17) is 5.26 Å². The molecule has 0 amide bonds. The number of carbonyl (C=O) groups excluding carboxylic acids is 1. The van der Waals surface area contributed by atoms with Gasteiger partial charge in [0.15, 0.2) is 5.78 Å². The number of ketones is 1. The third kappa shape index (κ3) is 1.83. The average molecular weight is 226 g/mol. The van der Waals surface area contributed by atoms with Crippen LogP contribution in [0.25, 0.3) is 10.9 Å². The molecule has 0 spiro atoms. The number of aromatic nitrogens is 1. The molecular weight excluding hydrogens is 212 g/mol. The Balaban J connectivity index is 2.76. The average Bonchev–Trinajstić information content (AvgIpc) is 2.55. The van der Waals surface area contributed by atoms with Crippen molar-refractivity contribution in [2.75, 3.05) is 0 Å². The van der Waals surface area contributed by atoms with Gasteiger partial charge < -0.3 is 4.98 Å². The van der Waals surface area contributed by atoms with Gasteiger partial charge in [-0.2, -0.15) is 5.26 Å². The molecule has 0 fully saturated rings. The zero-order valence-corrected chi connectivity index (χ0v) is 10.2. The van der Waals surface area contributed by atoms with E-state index in [1.807, 2.05) is 32.9 Å². The maximum absolute atomic E-state index is 11.9. The molecule has 0 saturated carbocycles. The van der Waals surface area contributed by atoms with Gasteiger partial charge >= 0.3 is 0 Å². The van der Waals surface area contributed by atoms with Crippen LogP contribution in [0.5, 0.6) is 0 Å². The molecule has 17 heavy (non-hydrogen) atoms. The van der Waals surface area contributed by atoms with Crippen LogP contribution in [0.4, 0.5) is 0 Å². The zero-order chi connectivity index (χ0) is 12.6. The van der Waals surface area contributed by atoms with Crippen molar-refractivity contribution in [3.8, 4) is 6.07 Å². The SMILES string of the molecule is Cc1cc(C)c2[nH]c(C)c(C(=O)CC#N)c2c1. The van der Waals surface area contributed by atoms with E-state index in [1.54, 1.807) is 0 Å². The highest BCUT2D eigenvalue weighted by Crippen LogP contribution is 2.27. The normalized spacial score (nSPS) is 10.5. The quantitative estimate of drug-likeness (QED) is 0.799. The third-order valence-electron chi connectivity index (χ3n) is 2.96. The van der Waals surface area contributed by atoms with Crippen LogP contribution in [0.1, 0.15) is 33.6 Å². The van der Waals surface area contributed by atoms with E-state index >= 15 is 0 Å². The summed E-state index contributed by atoms with van der Waals surface area (Å²) in [6, 6.07) is 5.99. The zero-order valence-electron chi connectivity index (χ0n) is 10.2. The van der Waals surface area contributed by atoms with Gasteiger partial charge in [0.25, 0.3) is 0 Å². The summed E-state index contributed by atoms with van der Waals surface area (Å²) >= 11 is 0. The summed E-state index contributed by atoms with van der Waals surface area (Å²) < 4.78 is 0. The molecule has 2 aromatic rings. The van der Waals surface area contributed by atoms with Crippen molar-refractivity contribution in [1.29, 1.82) is 5.26 Å². The summed E-state index contributed by atoms with van der Waals surface area (Å²) in [4.78, 5) is 15.2. The lowest BCUT2D eigenvalue weighted by molar-refractivity contribution is 0.0999. The monoisotopic (exact) mass is 226 g/mol. The van der Waals surface area contributed by atoms with Gasteiger partial charge in [0.1, 0.15) is 0 Å². The molecule has 0 aliphatic carbocycles. The Bertz CT molecular complexity index is 644. The Morgan fingerprint density at radius 2 is 2.06 bits per heavy atom. The van der Waals surface area contributed by atoms with Crippen molar-refractivity contribution in [3.05, 3.63) is 34.5 Å². The summed E-state index contributed by atoms with van der Waals surface area (Å²) in [5, 5.41) is 9.56. The van der Waals surface area contributed by atoms with E-state index in [0.29, 0.717) is 5.56 Å². The lowest BCUT2D eigenvalue weighted by Crippen LogP contribution is -1.98. The number of nitriles is 1. The molecule has 1 aromatic carbocycles. The van der Waals surface area contributed by atoms with Gasteiger partial charge in [0.05, 0.1) is 12.5 Å². The van der Waals surface area contributed by atoms with E-state index in [2.05, 4.69) is 11.1 Å². The number of aryl methyl sites for hydroxylation is 3. The number of nitrogens with one attached hydrogen (secondary N) is 1. The summed E-state index contributed by atoms with van der Waals surface area (Å²) in [7, 11) is 0. The predicted octanol–water partition coefficient (Wildman–Crippen LogP) is 3.19. The van der Waals surface area contributed by atoms with E-state index in [9.17, 15) is 4.79 Å². The van der Waals surface area contributed by atoms with Crippen LogP contribution in [0.3, 0.4) is 0 Å². The van der Waals surface area contributed by atoms with Gasteiger partial charge in [-0.15, -0.1) is 0 Å². The van der Waals surface area contributed by atoms with E-state index < -0.39 is 0 Å². The molecular formula is C14H14N2O. The number of aromatic amines is 1. The van der Waals surface area contributed by atoms with Gasteiger partial charge in [0.2, 0.25) is 0 Å². The summed E-state index contributed by atoms with van der Waals surface area (Å²) in [6.07, 6.45) is -0.0687. The molecule has 0 unspecified atom stereocenters. The number of hydrogen-bond acceptors (Lipinski definition) is 2. The topological polar surface area (TPSA) is 56.6 Å². The molecule has 0 saturated heterocycles. The molecule has 3 nitrogen and oxygen atoms in total. The van der Waals surface area contributed by atoms with Crippen LogP contribution in [-0.2, 0) is 0 Å². The van der Waals surface area contributed by atoms with Gasteiger partial charge in [-0.3, -0.25) is 4.79 Å². The number of carbonyl (C=O) groups is 1. The van der Waals surface area contributed by atoms with Gasteiger partial charge in [-0.1, -0.05) is 11.6 Å². The Labute approximate surface area is 100 Å². The fraction of sp³-hybridized carbons (Fsp3) is 0.286. The largest absolute Gasteiger partial charge is 0.358 e. The minimum Gasteiger partial charge on any atom is -0.358 e. The first-order valence-electron chi connectivity index (χ1n) is 5.54. The molecule has 1 aromatic heterocycles. The van der Waals surface area contributed by atoms with E-state index in [1.165, 1.54) is 0 Å². The highest BCUT2D eigenvalue weighted by Gasteiger charge is 2.16. The van der Waals surface area contributed by atoms with Crippen molar-refractivity contribution in [2.24, 2.45) is 0 Å². The van der Waals surface area contributed by atoms with E-state index in [0.717, 1.165) is 27.7 Å². The van der Waals surface area contributed by atoms with Gasteiger partial charge in [0, 0.05) is 22.2 Å². The van der Waals surface area contributed by atoms with Crippen molar-refractivity contribution in [2.45, 2.75) is 27.2 Å². The minimum atomic E-state index is -0.110. The third-order valence-corrected chi connectivity index (χ3v) is 2.96. The molecule has 3 heteroatoms. The van der Waals surface area contributed by atoms with Crippen molar-refractivity contribution >= 4 is 16.7 Å². The Kier molecular flexibility index (Phi) is 2.72. The number of hydrogen-bond donors (Lipinski definition) is 1. The van der Waals surface area contributed by atoms with Crippen molar-refractivity contribution < 1.29 is 4.79 Å². The molecule has 0 aliphatic heterocycles. The lowest BCUT2D eigenvalue weighted by atomic mass is 10.0. The maximum Gasteiger partial charge on any atom is 0.179 e. The molecule has 0 atom stereocenters. The Hall–Kier alpha value is -2.08. The number of Topliss-reactive ketones (excluding diaryl/α,β-unsaturated/α-hetero) is 1. The Morgan fingerprint density at radius 1 is 1.35 bits per heavy atom. The van der Waals surface area contributed by atoms with Gasteiger partial charge in [-0.25, -0.2) is 0 Å². The first kappa shape index (κ1) is 11.4. The Morgan fingerprint density at radius 3 is 2.71 bits per heavy atom. The first-order chi connectivity index (χ1) is 8.04. The summed E-state index contributed by atoms with van der Waals surface area (Å²) in [6.45, 7) is 5.90. The second-order valence-electron chi connectivity index (χ2n) is 4.39. The molecule has 1 N–H and O–H groups in total. The number of benzene rings is 1. The standard InChI is InChI=1S/C14H14N2O/c1-8-6-9(2)14-11(7-8)13(10(3)16-14)12(17)4-5-15/h6-7,16H,4H2,1-3H3. The molecule has 1 heterocycles. The molecule has 86 valence electrons. The molecule has 0 aliphatic rings. The minimum absolute atomic E-state index is 0.0687. The number of fused-ring (bicyclic) bond motifs is 1. The maximum atomic E-state index is 11.9.